The Morgan fingerprint density at radius 1 is 1.33 bits per heavy atom. The molecule has 2 N–H and O–H groups in total. The summed E-state index contributed by atoms with van der Waals surface area (Å²) in [6.45, 7) is 0.650. The lowest BCUT2D eigenvalue weighted by molar-refractivity contribution is 0.181. The van der Waals surface area contributed by atoms with Crippen molar-refractivity contribution in [3.8, 4) is 5.75 Å². The molecule has 0 atom stereocenters. The topological polar surface area (TPSA) is 44.5 Å². The molecule has 15 heavy (non-hydrogen) atoms. The minimum atomic E-state index is -0.276. The molecule has 0 fully saturated rings. The van der Waals surface area contributed by atoms with Crippen molar-refractivity contribution >= 4 is 0 Å². The first kappa shape index (κ1) is 11.9. The highest BCUT2D eigenvalue weighted by atomic mass is 19.1. The number of methoxy groups -OCH3 is 2. The molecule has 0 unspecified atom stereocenters. The van der Waals surface area contributed by atoms with E-state index in [4.69, 9.17) is 15.2 Å². The van der Waals surface area contributed by atoms with Gasteiger partial charge in [-0.25, -0.2) is 4.39 Å². The largest absolute Gasteiger partial charge is 0.496 e. The summed E-state index contributed by atoms with van der Waals surface area (Å²) >= 11 is 0. The summed E-state index contributed by atoms with van der Waals surface area (Å²) in [4.78, 5) is 0. The van der Waals surface area contributed by atoms with Gasteiger partial charge in [0.15, 0.2) is 0 Å². The smallest absolute Gasteiger partial charge is 0.135 e. The van der Waals surface area contributed by atoms with Crippen LogP contribution >= 0.6 is 0 Å². The Morgan fingerprint density at radius 3 is 2.60 bits per heavy atom. The van der Waals surface area contributed by atoms with E-state index in [1.165, 1.54) is 14.2 Å². The van der Waals surface area contributed by atoms with Crippen LogP contribution in [0.1, 0.15) is 11.1 Å². The Hall–Kier alpha value is -1.13. The molecular weight excluding hydrogens is 197 g/mol. The zero-order chi connectivity index (χ0) is 11.3. The minimum Gasteiger partial charge on any atom is -0.496 e. The molecule has 0 saturated heterocycles. The van der Waals surface area contributed by atoms with E-state index in [-0.39, 0.29) is 12.4 Å². The number of ether oxygens (including phenoxy) is 2. The second-order valence-corrected chi connectivity index (χ2v) is 3.19. The number of benzene rings is 1. The van der Waals surface area contributed by atoms with Crippen LogP contribution in [0.15, 0.2) is 12.1 Å². The maximum Gasteiger partial charge on any atom is 0.135 e. The molecule has 0 saturated carbocycles. The second-order valence-electron chi connectivity index (χ2n) is 3.19. The van der Waals surface area contributed by atoms with Gasteiger partial charge in [-0.1, -0.05) is 6.07 Å². The third kappa shape index (κ3) is 2.67. The summed E-state index contributed by atoms with van der Waals surface area (Å²) in [5.41, 5.74) is 6.48. The van der Waals surface area contributed by atoms with Crippen LogP contribution < -0.4 is 10.5 Å². The molecule has 0 aliphatic rings. The van der Waals surface area contributed by atoms with Crippen LogP contribution in [-0.4, -0.2) is 20.8 Å². The van der Waals surface area contributed by atoms with Crippen LogP contribution in [0.3, 0.4) is 0 Å². The van der Waals surface area contributed by atoms with Gasteiger partial charge in [0.2, 0.25) is 0 Å². The Balaban J connectivity index is 3.10. The van der Waals surface area contributed by atoms with Crippen molar-refractivity contribution in [2.75, 3.05) is 20.8 Å². The molecule has 84 valence electrons. The predicted molar refractivity (Wildman–Crippen MR) is 56.4 cm³/mol. The SMILES string of the molecule is COCc1ccc(OC)c(CCN)c1F. The van der Waals surface area contributed by atoms with Gasteiger partial charge < -0.3 is 15.2 Å². The van der Waals surface area contributed by atoms with Gasteiger partial charge in [-0.2, -0.15) is 0 Å². The maximum atomic E-state index is 13.9. The van der Waals surface area contributed by atoms with Crippen molar-refractivity contribution in [3.05, 3.63) is 29.1 Å². The number of nitrogens with two attached hydrogens (primary N) is 1. The van der Waals surface area contributed by atoms with E-state index < -0.39 is 0 Å². The van der Waals surface area contributed by atoms with Crippen molar-refractivity contribution in [1.82, 2.24) is 0 Å². The molecule has 0 amide bonds. The highest BCUT2D eigenvalue weighted by molar-refractivity contribution is 5.39. The zero-order valence-corrected chi connectivity index (χ0v) is 9.05. The molecule has 0 bridgehead atoms. The third-order valence-electron chi connectivity index (χ3n) is 2.19. The number of halogens is 1. The fourth-order valence-electron chi connectivity index (χ4n) is 1.49. The first-order valence-electron chi connectivity index (χ1n) is 4.77. The fraction of sp³-hybridized carbons (Fsp3) is 0.455. The van der Waals surface area contributed by atoms with E-state index in [0.717, 1.165) is 0 Å². The molecule has 1 rings (SSSR count). The van der Waals surface area contributed by atoms with E-state index in [1.807, 2.05) is 0 Å². The van der Waals surface area contributed by atoms with Gasteiger partial charge in [0.1, 0.15) is 11.6 Å². The number of rotatable bonds is 5. The van der Waals surface area contributed by atoms with Crippen LogP contribution in [0.5, 0.6) is 5.75 Å². The Morgan fingerprint density at radius 2 is 2.07 bits per heavy atom. The zero-order valence-electron chi connectivity index (χ0n) is 9.05. The average Bonchev–Trinajstić information content (AvgIpc) is 2.25. The van der Waals surface area contributed by atoms with Crippen molar-refractivity contribution in [3.63, 3.8) is 0 Å². The van der Waals surface area contributed by atoms with Crippen LogP contribution in [0.2, 0.25) is 0 Å². The number of hydrogen-bond donors (Lipinski definition) is 1. The van der Waals surface area contributed by atoms with Gasteiger partial charge in [-0.05, 0) is 19.0 Å². The summed E-state index contributed by atoms with van der Waals surface area (Å²) in [7, 11) is 3.05. The molecule has 0 aromatic heterocycles. The minimum absolute atomic E-state index is 0.257. The van der Waals surface area contributed by atoms with E-state index in [9.17, 15) is 4.39 Å². The third-order valence-corrected chi connectivity index (χ3v) is 2.19. The van der Waals surface area contributed by atoms with Crippen LogP contribution in [0.4, 0.5) is 4.39 Å². The number of hydrogen-bond acceptors (Lipinski definition) is 3. The quantitative estimate of drug-likeness (QED) is 0.805. The summed E-state index contributed by atoms with van der Waals surface area (Å²) in [5.74, 6) is 0.263. The molecule has 4 heteroatoms. The first-order chi connectivity index (χ1) is 7.24. The highest BCUT2D eigenvalue weighted by Crippen LogP contribution is 2.25. The highest BCUT2D eigenvalue weighted by Gasteiger charge is 2.12. The monoisotopic (exact) mass is 213 g/mol. The van der Waals surface area contributed by atoms with Gasteiger partial charge in [0.25, 0.3) is 0 Å². The Kier molecular flexibility index (Phi) is 4.52. The second kappa shape index (κ2) is 5.68. The molecule has 0 aliphatic heterocycles. The fourth-order valence-corrected chi connectivity index (χ4v) is 1.49. The van der Waals surface area contributed by atoms with Gasteiger partial charge in [-0.15, -0.1) is 0 Å². The van der Waals surface area contributed by atoms with E-state index >= 15 is 0 Å². The molecule has 1 aromatic rings. The summed E-state index contributed by atoms with van der Waals surface area (Å²) in [6.07, 6.45) is 0.465. The lowest BCUT2D eigenvalue weighted by atomic mass is 10.1. The molecule has 0 aliphatic carbocycles. The van der Waals surface area contributed by atoms with Crippen LogP contribution in [0.25, 0.3) is 0 Å². The molecule has 0 spiro atoms. The molecule has 0 heterocycles. The average molecular weight is 213 g/mol. The Bertz CT molecular complexity index is 329. The maximum absolute atomic E-state index is 13.9. The molecule has 3 nitrogen and oxygen atoms in total. The standard InChI is InChI=1S/C11H16FNO2/c1-14-7-8-3-4-10(15-2)9(5-6-13)11(8)12/h3-4H,5-7,13H2,1-2H3. The summed E-state index contributed by atoms with van der Waals surface area (Å²) in [6, 6.07) is 3.40. The van der Waals surface area contributed by atoms with Gasteiger partial charge in [-0.3, -0.25) is 0 Å². The van der Waals surface area contributed by atoms with E-state index in [0.29, 0.717) is 29.8 Å². The van der Waals surface area contributed by atoms with Crippen LogP contribution in [0, 0.1) is 5.82 Å². The first-order valence-corrected chi connectivity index (χ1v) is 4.77. The van der Waals surface area contributed by atoms with Gasteiger partial charge in [0, 0.05) is 18.2 Å². The Labute approximate surface area is 89.0 Å². The lowest BCUT2D eigenvalue weighted by Gasteiger charge is -2.11. The van der Waals surface area contributed by atoms with Crippen molar-refractivity contribution in [1.29, 1.82) is 0 Å². The summed E-state index contributed by atoms with van der Waals surface area (Å²) in [5, 5.41) is 0. The van der Waals surface area contributed by atoms with Gasteiger partial charge >= 0.3 is 0 Å². The van der Waals surface area contributed by atoms with Crippen LogP contribution in [-0.2, 0) is 17.8 Å². The normalized spacial score (nSPS) is 10.4. The lowest BCUT2D eigenvalue weighted by Crippen LogP contribution is -2.08. The van der Waals surface area contributed by atoms with Crippen molar-refractivity contribution in [2.45, 2.75) is 13.0 Å². The van der Waals surface area contributed by atoms with Crippen molar-refractivity contribution < 1.29 is 13.9 Å². The van der Waals surface area contributed by atoms with Crippen molar-refractivity contribution in [2.24, 2.45) is 5.73 Å². The predicted octanol–water partition coefficient (Wildman–Crippen LogP) is 1.48. The van der Waals surface area contributed by atoms with E-state index in [1.54, 1.807) is 12.1 Å². The molecular formula is C11H16FNO2. The van der Waals surface area contributed by atoms with E-state index in [2.05, 4.69) is 0 Å². The summed E-state index contributed by atoms with van der Waals surface area (Å²) < 4.78 is 23.9. The molecule has 1 aromatic carbocycles. The molecule has 0 radical (unpaired) electrons. The van der Waals surface area contributed by atoms with Gasteiger partial charge in [0.05, 0.1) is 13.7 Å².